The predicted molar refractivity (Wildman–Crippen MR) is 109 cm³/mol. The van der Waals surface area contributed by atoms with Crippen molar-refractivity contribution in [3.63, 3.8) is 0 Å². The van der Waals surface area contributed by atoms with Gasteiger partial charge in [-0.3, -0.25) is 14.8 Å². The lowest BCUT2D eigenvalue weighted by Gasteiger charge is -2.14. The molecule has 3 rings (SSSR count). The number of urea groups is 1. The third-order valence-corrected chi connectivity index (χ3v) is 6.38. The number of non-ortho nitro benzene ring substituents is 1. The number of hydrogen-bond acceptors (Lipinski definition) is 7. The minimum atomic E-state index is -3.81. The summed E-state index contributed by atoms with van der Waals surface area (Å²) >= 11 is 1.05. The van der Waals surface area contributed by atoms with Gasteiger partial charge in [0.15, 0.2) is 0 Å². The molecule has 0 fully saturated rings. The van der Waals surface area contributed by atoms with E-state index in [1.165, 1.54) is 24.3 Å². The van der Waals surface area contributed by atoms with Crippen molar-refractivity contribution in [2.45, 2.75) is 4.21 Å². The molecule has 0 aliphatic carbocycles. The Morgan fingerprint density at radius 2 is 1.69 bits per heavy atom. The normalized spacial score (nSPS) is 10.9. The van der Waals surface area contributed by atoms with Crippen LogP contribution in [-0.4, -0.2) is 24.5 Å². The molecule has 2 aromatic carbocycles. The van der Waals surface area contributed by atoms with Crippen molar-refractivity contribution in [3.8, 4) is 5.75 Å². The van der Waals surface area contributed by atoms with E-state index in [-0.39, 0.29) is 27.0 Å². The first kappa shape index (κ1) is 20.1. The summed E-state index contributed by atoms with van der Waals surface area (Å²) in [4.78, 5) is 22.3. The van der Waals surface area contributed by atoms with Crippen LogP contribution in [0, 0.1) is 10.1 Å². The number of nitrogens with one attached hydrogen (secondary N) is 3. The van der Waals surface area contributed by atoms with Crippen LogP contribution in [0.15, 0.2) is 64.2 Å². The van der Waals surface area contributed by atoms with Gasteiger partial charge in [-0.2, -0.15) is 0 Å². The van der Waals surface area contributed by atoms with Gasteiger partial charge < -0.3 is 15.7 Å². The van der Waals surface area contributed by atoms with Gasteiger partial charge in [0.2, 0.25) is 0 Å². The van der Waals surface area contributed by atoms with Crippen LogP contribution < -0.4 is 15.4 Å². The monoisotopic (exact) mass is 434 g/mol. The molecule has 150 valence electrons. The average molecular weight is 434 g/mol. The molecule has 0 aliphatic heterocycles. The zero-order valence-electron chi connectivity index (χ0n) is 14.5. The van der Waals surface area contributed by atoms with Crippen LogP contribution in [0.5, 0.6) is 5.75 Å². The molecule has 10 nitrogen and oxygen atoms in total. The third-order valence-electron chi connectivity index (χ3n) is 3.62. The van der Waals surface area contributed by atoms with E-state index < -0.39 is 26.7 Å². The van der Waals surface area contributed by atoms with Crippen molar-refractivity contribution >= 4 is 50.1 Å². The Kier molecular flexibility index (Phi) is 5.66. The zero-order chi connectivity index (χ0) is 21.0. The number of carbonyl (C=O) groups is 1. The lowest BCUT2D eigenvalue weighted by atomic mass is 10.2. The van der Waals surface area contributed by atoms with Crippen molar-refractivity contribution in [3.05, 3.63) is 70.1 Å². The number of nitro benzene ring substituents is 1. The van der Waals surface area contributed by atoms with E-state index in [4.69, 9.17) is 0 Å². The summed E-state index contributed by atoms with van der Waals surface area (Å²) in [5.41, 5.74) is -0.0676. The smallest absolute Gasteiger partial charge is 0.323 e. The minimum Gasteiger partial charge on any atom is -0.506 e. The second-order valence-electron chi connectivity index (χ2n) is 5.62. The minimum absolute atomic E-state index is 0.0512. The van der Waals surface area contributed by atoms with Crippen molar-refractivity contribution < 1.29 is 23.2 Å². The van der Waals surface area contributed by atoms with E-state index >= 15 is 0 Å². The van der Waals surface area contributed by atoms with Crippen LogP contribution in [0.1, 0.15) is 0 Å². The molecule has 0 atom stereocenters. The Bertz CT molecular complexity index is 1160. The van der Waals surface area contributed by atoms with Gasteiger partial charge in [0.05, 0.1) is 28.1 Å². The third kappa shape index (κ3) is 4.80. The Labute approximate surface area is 169 Å². The fraction of sp³-hybridized carbons (Fsp3) is 0. The topological polar surface area (TPSA) is 151 Å². The number of nitrogens with zero attached hydrogens (tertiary/aromatic N) is 1. The van der Waals surface area contributed by atoms with Gasteiger partial charge in [0.25, 0.3) is 15.7 Å². The van der Waals surface area contributed by atoms with E-state index in [2.05, 4.69) is 15.4 Å². The number of thiophene rings is 1. The summed E-state index contributed by atoms with van der Waals surface area (Å²) in [5.74, 6) is -0.485. The highest BCUT2D eigenvalue weighted by Crippen LogP contribution is 2.29. The van der Waals surface area contributed by atoms with E-state index in [9.17, 15) is 28.4 Å². The molecule has 1 heterocycles. The van der Waals surface area contributed by atoms with Crippen molar-refractivity contribution in [1.82, 2.24) is 0 Å². The largest absolute Gasteiger partial charge is 0.506 e. The first-order valence-corrected chi connectivity index (χ1v) is 10.3. The highest BCUT2D eigenvalue weighted by atomic mass is 32.2. The zero-order valence-corrected chi connectivity index (χ0v) is 16.2. The summed E-state index contributed by atoms with van der Waals surface area (Å²) in [5, 5.41) is 27.0. The Morgan fingerprint density at radius 3 is 2.31 bits per heavy atom. The molecular weight excluding hydrogens is 420 g/mol. The molecule has 12 heteroatoms. The lowest BCUT2D eigenvalue weighted by Crippen LogP contribution is -2.21. The summed E-state index contributed by atoms with van der Waals surface area (Å²) in [6.07, 6.45) is 0. The van der Waals surface area contributed by atoms with Crippen LogP contribution in [-0.2, 0) is 10.0 Å². The molecule has 1 aromatic heterocycles. The molecule has 3 aromatic rings. The fourth-order valence-electron chi connectivity index (χ4n) is 2.31. The van der Waals surface area contributed by atoms with Gasteiger partial charge in [-0.25, -0.2) is 13.2 Å². The van der Waals surface area contributed by atoms with Crippen LogP contribution in [0.3, 0.4) is 0 Å². The molecule has 29 heavy (non-hydrogen) atoms. The first-order chi connectivity index (χ1) is 13.8. The second-order valence-corrected chi connectivity index (χ2v) is 8.48. The van der Waals surface area contributed by atoms with Gasteiger partial charge >= 0.3 is 6.03 Å². The number of para-hydroxylation sites is 2. The van der Waals surface area contributed by atoms with Gasteiger partial charge in [-0.1, -0.05) is 18.2 Å². The van der Waals surface area contributed by atoms with E-state index in [1.807, 2.05) is 0 Å². The first-order valence-electron chi connectivity index (χ1n) is 7.97. The molecule has 0 aliphatic rings. The molecule has 0 unspecified atom stereocenters. The van der Waals surface area contributed by atoms with E-state index in [0.29, 0.717) is 0 Å². The maximum atomic E-state index is 12.4. The van der Waals surface area contributed by atoms with Crippen LogP contribution in [0.4, 0.5) is 27.5 Å². The number of aromatic hydroxyl groups is 1. The number of sulfonamides is 1. The number of phenols is 1. The average Bonchev–Trinajstić information content (AvgIpc) is 3.20. The van der Waals surface area contributed by atoms with Crippen molar-refractivity contribution in [1.29, 1.82) is 0 Å². The van der Waals surface area contributed by atoms with Crippen LogP contribution in [0.25, 0.3) is 0 Å². The molecular formula is C17H14N4O6S2. The standard InChI is InChI=1S/C17H14N4O6S2/c22-15-10-11(21(24)25)7-8-14(15)19-17(23)18-12-4-1-2-5-13(12)20-29(26,27)16-6-3-9-28-16/h1-10,20,22H,(H2,18,19,23). The summed E-state index contributed by atoms with van der Waals surface area (Å²) < 4.78 is 27.3. The molecule has 0 spiro atoms. The number of anilines is 3. The molecule has 0 bridgehead atoms. The highest BCUT2D eigenvalue weighted by molar-refractivity contribution is 7.94. The maximum absolute atomic E-state index is 12.4. The number of phenolic OH excluding ortho intramolecular Hbond substituents is 1. The summed E-state index contributed by atoms with van der Waals surface area (Å²) in [7, 11) is -3.81. The fourth-order valence-corrected chi connectivity index (χ4v) is 4.38. The van der Waals surface area contributed by atoms with Crippen LogP contribution >= 0.6 is 11.3 Å². The molecule has 2 amide bonds. The van der Waals surface area contributed by atoms with Crippen molar-refractivity contribution in [2.24, 2.45) is 0 Å². The SMILES string of the molecule is O=C(Nc1ccc([N+](=O)[O-])cc1O)Nc1ccccc1NS(=O)(=O)c1cccs1. The van der Waals surface area contributed by atoms with E-state index in [0.717, 1.165) is 23.5 Å². The number of rotatable bonds is 6. The van der Waals surface area contributed by atoms with Gasteiger partial charge in [0, 0.05) is 6.07 Å². The van der Waals surface area contributed by atoms with E-state index in [1.54, 1.807) is 23.6 Å². The molecule has 0 saturated heterocycles. The summed E-state index contributed by atoms with van der Waals surface area (Å²) in [6.45, 7) is 0. The Morgan fingerprint density at radius 1 is 1.00 bits per heavy atom. The quantitative estimate of drug-likeness (QED) is 0.263. The summed E-state index contributed by atoms with van der Waals surface area (Å²) in [6, 6.07) is 11.6. The number of benzene rings is 2. The number of carbonyl (C=O) groups excluding carboxylic acids is 1. The van der Waals surface area contributed by atoms with Gasteiger partial charge in [0.1, 0.15) is 9.96 Å². The van der Waals surface area contributed by atoms with Gasteiger partial charge in [-0.15, -0.1) is 11.3 Å². The second kappa shape index (κ2) is 8.16. The number of nitro groups is 1. The number of hydrogen-bond donors (Lipinski definition) is 4. The van der Waals surface area contributed by atoms with Crippen molar-refractivity contribution in [2.75, 3.05) is 15.4 Å². The lowest BCUT2D eigenvalue weighted by molar-refractivity contribution is -0.384. The van der Waals surface area contributed by atoms with Gasteiger partial charge in [-0.05, 0) is 29.6 Å². The highest BCUT2D eigenvalue weighted by Gasteiger charge is 2.18. The molecule has 4 N–H and O–H groups in total. The van der Waals surface area contributed by atoms with Crippen LogP contribution in [0.2, 0.25) is 0 Å². The molecule has 0 radical (unpaired) electrons. The predicted octanol–water partition coefficient (Wildman–Crippen LogP) is 3.81. The Balaban J connectivity index is 1.76. The maximum Gasteiger partial charge on any atom is 0.323 e. The number of amides is 2. The Hall–Kier alpha value is -3.64. The molecule has 0 saturated carbocycles.